The summed E-state index contributed by atoms with van der Waals surface area (Å²) in [6, 6.07) is 1.07. The third kappa shape index (κ3) is 2.50. The molecule has 0 spiro atoms. The smallest absolute Gasteiger partial charge is 0.307 e. The molecule has 1 atom stereocenters. The number of thiophene rings is 1. The van der Waals surface area contributed by atoms with Crippen molar-refractivity contribution in [2.45, 2.75) is 32.2 Å². The van der Waals surface area contributed by atoms with Crippen molar-refractivity contribution >= 4 is 29.0 Å². The number of fused-ring (bicyclic) bond motifs is 1. The van der Waals surface area contributed by atoms with Gasteiger partial charge >= 0.3 is 5.97 Å². The molecule has 0 radical (unpaired) electrons. The summed E-state index contributed by atoms with van der Waals surface area (Å²) in [5, 5.41) is 12.5. The highest BCUT2D eigenvalue weighted by Crippen LogP contribution is 2.43. The Labute approximate surface area is 135 Å². The van der Waals surface area contributed by atoms with Crippen LogP contribution in [-0.2, 0) is 9.59 Å². The molecule has 23 heavy (non-hydrogen) atoms. The molecule has 5 nitrogen and oxygen atoms in total. The summed E-state index contributed by atoms with van der Waals surface area (Å²) in [4.78, 5) is 36.9. The molecule has 0 saturated heterocycles. The Morgan fingerprint density at radius 3 is 2.83 bits per heavy atom. The van der Waals surface area contributed by atoms with Crippen molar-refractivity contribution in [1.82, 2.24) is 4.90 Å². The average Bonchev–Trinajstić information content (AvgIpc) is 3.10. The number of carboxylic acids is 1. The largest absolute Gasteiger partial charge is 0.481 e. The van der Waals surface area contributed by atoms with Gasteiger partial charge in [-0.25, -0.2) is 4.39 Å². The first-order valence-corrected chi connectivity index (χ1v) is 8.06. The number of ketones is 1. The molecule has 0 aromatic carbocycles. The molecule has 7 heteroatoms. The quantitative estimate of drug-likeness (QED) is 0.921. The number of carboxylic acid groups (broad SMARTS) is 1. The van der Waals surface area contributed by atoms with Gasteiger partial charge in [-0.1, -0.05) is 0 Å². The number of nitrogens with zero attached hydrogens (tertiary/aromatic N) is 1. The highest BCUT2D eigenvalue weighted by atomic mass is 32.1. The Kier molecular flexibility index (Phi) is 3.89. The lowest BCUT2D eigenvalue weighted by Crippen LogP contribution is -2.38. The van der Waals surface area contributed by atoms with Crippen molar-refractivity contribution in [2.24, 2.45) is 0 Å². The van der Waals surface area contributed by atoms with Gasteiger partial charge in [0.05, 0.1) is 18.0 Å². The van der Waals surface area contributed by atoms with Gasteiger partial charge in [-0.3, -0.25) is 14.4 Å². The zero-order chi connectivity index (χ0) is 16.7. The van der Waals surface area contributed by atoms with Crippen molar-refractivity contribution in [3.8, 4) is 0 Å². The summed E-state index contributed by atoms with van der Waals surface area (Å²) in [6.45, 7) is 1.60. The van der Waals surface area contributed by atoms with Gasteiger partial charge in [0.25, 0.3) is 5.91 Å². The zero-order valence-corrected chi connectivity index (χ0v) is 13.2. The van der Waals surface area contributed by atoms with Crippen LogP contribution in [0.25, 0.3) is 0 Å². The molecule has 0 bridgehead atoms. The monoisotopic (exact) mass is 335 g/mol. The topological polar surface area (TPSA) is 74.7 Å². The van der Waals surface area contributed by atoms with E-state index in [9.17, 15) is 18.8 Å². The van der Waals surface area contributed by atoms with E-state index in [-0.39, 0.29) is 23.5 Å². The zero-order valence-electron chi connectivity index (χ0n) is 12.3. The highest BCUT2D eigenvalue weighted by molar-refractivity contribution is 7.08. The second-order valence-electron chi connectivity index (χ2n) is 5.53. The Bertz CT molecular complexity index is 763. The molecule has 1 aliphatic carbocycles. The first-order chi connectivity index (χ1) is 10.9. The molecule has 2 heterocycles. The van der Waals surface area contributed by atoms with E-state index in [0.29, 0.717) is 17.7 Å². The SMILES string of the molecule is CC1=C(CC(=O)O)C2=C(F)C(=O)CCC2N1C(=O)c1ccsc1. The Hall–Kier alpha value is -2.28. The summed E-state index contributed by atoms with van der Waals surface area (Å²) in [6.07, 6.45) is -0.0925. The number of allylic oxidation sites excluding steroid dienone is 2. The number of hydrogen-bond acceptors (Lipinski definition) is 4. The molecule has 3 rings (SSSR count). The maximum atomic E-state index is 14.4. The summed E-state index contributed by atoms with van der Waals surface area (Å²) < 4.78 is 14.4. The van der Waals surface area contributed by atoms with Crippen molar-refractivity contribution in [3.05, 3.63) is 45.1 Å². The Balaban J connectivity index is 2.11. The van der Waals surface area contributed by atoms with Gasteiger partial charge < -0.3 is 10.0 Å². The van der Waals surface area contributed by atoms with E-state index in [4.69, 9.17) is 5.11 Å². The second kappa shape index (κ2) is 5.73. The lowest BCUT2D eigenvalue weighted by atomic mass is 9.88. The summed E-state index contributed by atoms with van der Waals surface area (Å²) in [5.41, 5.74) is 1.19. The second-order valence-corrected chi connectivity index (χ2v) is 6.31. The van der Waals surface area contributed by atoms with Crippen LogP contribution < -0.4 is 0 Å². The Morgan fingerprint density at radius 1 is 1.48 bits per heavy atom. The van der Waals surface area contributed by atoms with E-state index in [0.717, 1.165) is 0 Å². The molecule has 1 N–H and O–H groups in total. The molecule has 1 aromatic heterocycles. The number of carbonyl (C=O) groups is 3. The molecule has 1 unspecified atom stereocenters. The lowest BCUT2D eigenvalue weighted by Gasteiger charge is -2.29. The van der Waals surface area contributed by atoms with Crippen molar-refractivity contribution in [1.29, 1.82) is 0 Å². The maximum absolute atomic E-state index is 14.4. The van der Waals surface area contributed by atoms with Crippen LogP contribution in [0.1, 0.15) is 36.5 Å². The molecule has 2 aliphatic rings. The summed E-state index contributed by atoms with van der Waals surface area (Å²) >= 11 is 1.37. The number of hydrogen-bond donors (Lipinski definition) is 1. The average molecular weight is 335 g/mol. The molecule has 0 fully saturated rings. The van der Waals surface area contributed by atoms with Crippen molar-refractivity contribution in [2.75, 3.05) is 0 Å². The predicted octanol–water partition coefficient (Wildman–Crippen LogP) is 2.91. The van der Waals surface area contributed by atoms with Gasteiger partial charge in [-0.15, -0.1) is 0 Å². The minimum absolute atomic E-state index is 0.0149. The molecule has 1 aromatic rings. The van der Waals surface area contributed by atoms with Crippen LogP contribution in [-0.4, -0.2) is 33.7 Å². The molecule has 1 aliphatic heterocycles. The van der Waals surface area contributed by atoms with E-state index in [1.165, 1.54) is 16.2 Å². The summed E-state index contributed by atoms with van der Waals surface area (Å²) in [7, 11) is 0. The fourth-order valence-electron chi connectivity index (χ4n) is 3.18. The lowest BCUT2D eigenvalue weighted by molar-refractivity contribution is -0.136. The first kappa shape index (κ1) is 15.6. The predicted molar refractivity (Wildman–Crippen MR) is 81.6 cm³/mol. The van der Waals surface area contributed by atoms with E-state index in [2.05, 4.69) is 0 Å². The Morgan fingerprint density at radius 2 is 2.22 bits per heavy atom. The fourth-order valence-corrected chi connectivity index (χ4v) is 3.81. The third-order valence-electron chi connectivity index (χ3n) is 4.21. The van der Waals surface area contributed by atoms with E-state index >= 15 is 0 Å². The van der Waals surface area contributed by atoms with Gasteiger partial charge in [0, 0.05) is 23.1 Å². The minimum Gasteiger partial charge on any atom is -0.481 e. The number of aliphatic carboxylic acids is 1. The van der Waals surface area contributed by atoms with Crippen molar-refractivity contribution in [3.63, 3.8) is 0 Å². The molecule has 0 saturated carbocycles. The number of Topliss-reactive ketones (excluding diaryl/α,β-unsaturated/α-hetero) is 1. The molecule has 1 amide bonds. The van der Waals surface area contributed by atoms with Crippen LogP contribution in [0.2, 0.25) is 0 Å². The fraction of sp³-hybridized carbons (Fsp3) is 0.312. The van der Waals surface area contributed by atoms with E-state index in [1.54, 1.807) is 23.8 Å². The standard InChI is InChI=1S/C16H14FNO4S/c1-8-10(6-13(20)21)14-11(2-3-12(19)15(14)17)18(8)16(22)9-4-5-23-7-9/h4-5,7,11H,2-3,6H2,1H3,(H,20,21). The molecular formula is C16H14FNO4S. The van der Waals surface area contributed by atoms with Crippen LogP contribution in [0.4, 0.5) is 4.39 Å². The van der Waals surface area contributed by atoms with Gasteiger partial charge in [0.15, 0.2) is 11.6 Å². The minimum atomic E-state index is -1.12. The van der Waals surface area contributed by atoms with Gasteiger partial charge in [0.2, 0.25) is 0 Å². The molecular weight excluding hydrogens is 321 g/mol. The van der Waals surface area contributed by atoms with Gasteiger partial charge in [-0.05, 0) is 30.4 Å². The number of amides is 1. The van der Waals surface area contributed by atoms with E-state index < -0.39 is 30.0 Å². The number of halogens is 1. The van der Waals surface area contributed by atoms with Crippen LogP contribution in [0.15, 0.2) is 39.5 Å². The maximum Gasteiger partial charge on any atom is 0.307 e. The van der Waals surface area contributed by atoms with Gasteiger partial charge in [0.1, 0.15) is 0 Å². The number of rotatable bonds is 3. The number of carbonyl (C=O) groups excluding carboxylic acids is 2. The summed E-state index contributed by atoms with van der Waals surface area (Å²) in [5.74, 6) is -2.95. The van der Waals surface area contributed by atoms with Crippen molar-refractivity contribution < 1.29 is 23.9 Å². The third-order valence-corrected chi connectivity index (χ3v) is 4.89. The van der Waals surface area contributed by atoms with Crippen LogP contribution >= 0.6 is 11.3 Å². The highest BCUT2D eigenvalue weighted by Gasteiger charge is 2.44. The van der Waals surface area contributed by atoms with Crippen LogP contribution in [0.3, 0.4) is 0 Å². The van der Waals surface area contributed by atoms with Crippen LogP contribution in [0.5, 0.6) is 0 Å². The van der Waals surface area contributed by atoms with Crippen LogP contribution in [0, 0.1) is 0 Å². The first-order valence-electron chi connectivity index (χ1n) is 7.12. The molecule has 120 valence electrons. The normalized spacial score (nSPS) is 21.0. The van der Waals surface area contributed by atoms with Gasteiger partial charge in [-0.2, -0.15) is 11.3 Å². The van der Waals surface area contributed by atoms with E-state index in [1.807, 2.05) is 0 Å².